The van der Waals surface area contributed by atoms with E-state index in [2.05, 4.69) is 9.71 Å². The number of carbonyl (C=O) groups is 1. The highest BCUT2D eigenvalue weighted by atomic mass is 35.5. The predicted molar refractivity (Wildman–Crippen MR) is 133 cm³/mol. The molecule has 1 aliphatic heterocycles. The zero-order valence-electron chi connectivity index (χ0n) is 18.2. The van der Waals surface area contributed by atoms with Gasteiger partial charge in [0.15, 0.2) is 0 Å². The molecule has 1 aliphatic rings. The molecule has 1 aromatic heterocycles. The van der Waals surface area contributed by atoms with E-state index in [9.17, 15) is 13.2 Å². The highest BCUT2D eigenvalue weighted by Gasteiger charge is 2.27. The van der Waals surface area contributed by atoms with Crippen molar-refractivity contribution >= 4 is 44.3 Å². The molecule has 0 spiro atoms. The summed E-state index contributed by atoms with van der Waals surface area (Å²) in [4.78, 5) is 23.0. The minimum absolute atomic E-state index is 0.00966. The molecule has 0 unspecified atom stereocenters. The molecule has 5 rings (SSSR count). The van der Waals surface area contributed by atoms with Gasteiger partial charge >= 0.3 is 0 Å². The SMILES string of the molecule is O=C(c1cccc(S(=O)(=O)Nc2ccccc2Cl)c1)N1CCC(c2nc3ccccc3[nH]2)CC1. The van der Waals surface area contributed by atoms with E-state index < -0.39 is 10.0 Å². The topological polar surface area (TPSA) is 95.2 Å². The van der Waals surface area contributed by atoms with E-state index in [1.807, 2.05) is 24.3 Å². The number of sulfonamides is 1. The molecule has 3 aromatic carbocycles. The van der Waals surface area contributed by atoms with Crippen LogP contribution in [0.25, 0.3) is 11.0 Å². The van der Waals surface area contributed by atoms with Gasteiger partial charge in [-0.3, -0.25) is 9.52 Å². The van der Waals surface area contributed by atoms with Crippen LogP contribution >= 0.6 is 11.6 Å². The monoisotopic (exact) mass is 494 g/mol. The van der Waals surface area contributed by atoms with Crippen LogP contribution in [-0.4, -0.2) is 42.3 Å². The molecule has 1 saturated heterocycles. The van der Waals surface area contributed by atoms with Gasteiger partial charge in [-0.15, -0.1) is 0 Å². The number of aromatic amines is 1. The largest absolute Gasteiger partial charge is 0.342 e. The molecule has 9 heteroatoms. The zero-order valence-corrected chi connectivity index (χ0v) is 19.8. The van der Waals surface area contributed by atoms with Crippen molar-refractivity contribution in [1.82, 2.24) is 14.9 Å². The third-order valence-electron chi connectivity index (χ3n) is 6.09. The van der Waals surface area contributed by atoms with Gasteiger partial charge in [0.25, 0.3) is 15.9 Å². The number of amides is 1. The van der Waals surface area contributed by atoms with Gasteiger partial charge < -0.3 is 9.88 Å². The first-order valence-electron chi connectivity index (χ1n) is 11.0. The van der Waals surface area contributed by atoms with E-state index in [0.717, 1.165) is 29.7 Å². The average molecular weight is 495 g/mol. The summed E-state index contributed by atoms with van der Waals surface area (Å²) in [5, 5.41) is 0.297. The van der Waals surface area contributed by atoms with Gasteiger partial charge in [0.1, 0.15) is 5.82 Å². The lowest BCUT2D eigenvalue weighted by Crippen LogP contribution is -2.38. The molecular formula is C25H23ClN4O3S. The number of hydrogen-bond acceptors (Lipinski definition) is 4. The third-order valence-corrected chi connectivity index (χ3v) is 7.78. The molecule has 0 radical (unpaired) electrons. The molecule has 1 amide bonds. The Labute approximate surface area is 202 Å². The van der Waals surface area contributed by atoms with Gasteiger partial charge in [-0.1, -0.05) is 41.9 Å². The van der Waals surface area contributed by atoms with Crippen LogP contribution in [0.4, 0.5) is 5.69 Å². The maximum atomic E-state index is 13.1. The van der Waals surface area contributed by atoms with Crippen LogP contribution < -0.4 is 4.72 Å². The average Bonchev–Trinajstić information content (AvgIpc) is 3.29. The number of benzene rings is 3. The van der Waals surface area contributed by atoms with Crippen molar-refractivity contribution in [2.75, 3.05) is 17.8 Å². The Hall–Kier alpha value is -3.36. The number of H-pyrrole nitrogens is 1. The quantitative estimate of drug-likeness (QED) is 0.406. The Bertz CT molecular complexity index is 1430. The van der Waals surface area contributed by atoms with Crippen LogP contribution in [0.2, 0.25) is 5.02 Å². The number of imidazole rings is 1. The Kier molecular flexibility index (Phi) is 6.02. The van der Waals surface area contributed by atoms with Crippen molar-refractivity contribution in [3.05, 3.63) is 89.2 Å². The predicted octanol–water partition coefficient (Wildman–Crippen LogP) is 5.04. The van der Waals surface area contributed by atoms with Gasteiger partial charge in [0.05, 0.1) is 26.6 Å². The lowest BCUT2D eigenvalue weighted by Gasteiger charge is -2.31. The summed E-state index contributed by atoms with van der Waals surface area (Å²) in [6.07, 6.45) is 1.58. The van der Waals surface area contributed by atoms with Crippen molar-refractivity contribution in [1.29, 1.82) is 0 Å². The molecule has 0 saturated carbocycles. The van der Waals surface area contributed by atoms with E-state index in [1.165, 1.54) is 12.1 Å². The summed E-state index contributed by atoms with van der Waals surface area (Å²) in [7, 11) is -3.90. The van der Waals surface area contributed by atoms with Crippen molar-refractivity contribution < 1.29 is 13.2 Å². The Morgan fingerprint density at radius 2 is 1.74 bits per heavy atom. The number of rotatable bonds is 5. The van der Waals surface area contributed by atoms with Crippen LogP contribution in [0.15, 0.2) is 77.7 Å². The van der Waals surface area contributed by atoms with Crippen molar-refractivity contribution in [2.24, 2.45) is 0 Å². The standard InChI is InChI=1S/C25H23ClN4O3S/c26-20-8-1-2-9-21(20)29-34(32,33)19-7-5-6-18(16-19)25(31)30-14-12-17(13-15-30)24-27-22-10-3-4-11-23(22)28-24/h1-11,16-17,29H,12-15H2,(H,27,28). The van der Waals surface area contributed by atoms with E-state index in [1.54, 1.807) is 41.3 Å². The second-order valence-electron chi connectivity index (χ2n) is 8.32. The first kappa shape index (κ1) is 22.4. The summed E-state index contributed by atoms with van der Waals surface area (Å²) in [6.45, 7) is 1.16. The van der Waals surface area contributed by atoms with Crippen LogP contribution in [0.3, 0.4) is 0 Å². The normalized spacial score (nSPS) is 14.9. The number of halogens is 1. The first-order valence-corrected chi connectivity index (χ1v) is 12.9. The molecular weight excluding hydrogens is 472 g/mol. The highest BCUT2D eigenvalue weighted by molar-refractivity contribution is 7.92. The molecule has 0 atom stereocenters. The zero-order chi connectivity index (χ0) is 23.7. The minimum atomic E-state index is -3.90. The lowest BCUT2D eigenvalue weighted by atomic mass is 9.95. The molecule has 1 fully saturated rings. The van der Waals surface area contributed by atoms with Gasteiger partial charge in [-0.25, -0.2) is 13.4 Å². The number of anilines is 1. The number of fused-ring (bicyclic) bond motifs is 1. The fraction of sp³-hybridized carbons (Fsp3) is 0.200. The number of nitrogens with zero attached hydrogens (tertiary/aromatic N) is 2. The van der Waals surface area contributed by atoms with Crippen LogP contribution in [0.5, 0.6) is 0 Å². The minimum Gasteiger partial charge on any atom is -0.342 e. The number of piperidine rings is 1. The van der Waals surface area contributed by atoms with Gasteiger partial charge in [0.2, 0.25) is 0 Å². The van der Waals surface area contributed by atoms with Gasteiger partial charge in [-0.2, -0.15) is 0 Å². The molecule has 2 heterocycles. The van der Waals surface area contributed by atoms with Crippen LogP contribution in [0, 0.1) is 0 Å². The maximum absolute atomic E-state index is 13.1. The van der Waals surface area contributed by atoms with Gasteiger partial charge in [-0.05, 0) is 55.3 Å². The Morgan fingerprint density at radius 1 is 1.00 bits per heavy atom. The lowest BCUT2D eigenvalue weighted by molar-refractivity contribution is 0.0711. The maximum Gasteiger partial charge on any atom is 0.261 e. The fourth-order valence-corrected chi connectivity index (χ4v) is 5.61. The third kappa shape index (κ3) is 4.51. The smallest absolute Gasteiger partial charge is 0.261 e. The van der Waals surface area contributed by atoms with Gasteiger partial charge in [0, 0.05) is 24.6 Å². The summed E-state index contributed by atoms with van der Waals surface area (Å²) in [6, 6.07) is 20.6. The van der Waals surface area contributed by atoms with E-state index in [-0.39, 0.29) is 22.4 Å². The number of carbonyl (C=O) groups excluding carboxylic acids is 1. The second kappa shape index (κ2) is 9.12. The number of likely N-dealkylation sites (tertiary alicyclic amines) is 1. The second-order valence-corrected chi connectivity index (χ2v) is 10.4. The van der Waals surface area contributed by atoms with E-state index in [0.29, 0.717) is 23.7 Å². The highest BCUT2D eigenvalue weighted by Crippen LogP contribution is 2.29. The molecule has 174 valence electrons. The fourth-order valence-electron chi connectivity index (χ4n) is 4.25. The van der Waals surface area contributed by atoms with Crippen LogP contribution in [-0.2, 0) is 10.0 Å². The molecule has 0 aliphatic carbocycles. The number of nitrogens with one attached hydrogen (secondary N) is 2. The first-order chi connectivity index (χ1) is 16.4. The van der Waals surface area contributed by atoms with E-state index >= 15 is 0 Å². The summed E-state index contributed by atoms with van der Waals surface area (Å²) < 4.78 is 28.2. The van der Waals surface area contributed by atoms with Crippen molar-refractivity contribution in [2.45, 2.75) is 23.7 Å². The van der Waals surface area contributed by atoms with Crippen molar-refractivity contribution in [3.8, 4) is 0 Å². The molecule has 7 nitrogen and oxygen atoms in total. The molecule has 4 aromatic rings. The Morgan fingerprint density at radius 3 is 2.50 bits per heavy atom. The molecule has 2 N–H and O–H groups in total. The Balaban J connectivity index is 1.28. The number of para-hydroxylation sites is 3. The van der Waals surface area contributed by atoms with Crippen molar-refractivity contribution in [3.63, 3.8) is 0 Å². The van der Waals surface area contributed by atoms with E-state index in [4.69, 9.17) is 16.6 Å². The molecule has 34 heavy (non-hydrogen) atoms. The summed E-state index contributed by atoms with van der Waals surface area (Å²) >= 11 is 6.09. The van der Waals surface area contributed by atoms with Crippen LogP contribution in [0.1, 0.15) is 34.9 Å². The number of aromatic nitrogens is 2. The number of hydrogen-bond donors (Lipinski definition) is 2. The summed E-state index contributed by atoms with van der Waals surface area (Å²) in [5.41, 5.74) is 2.58. The molecule has 0 bridgehead atoms. The summed E-state index contributed by atoms with van der Waals surface area (Å²) in [5.74, 6) is 1.02.